The molecule has 4 rings (SSSR count). The number of alkyl halides is 3. The van der Waals surface area contributed by atoms with Gasteiger partial charge in [-0.15, -0.1) is 0 Å². The zero-order valence-electron chi connectivity index (χ0n) is 19.5. The number of hydrogen-bond acceptors (Lipinski definition) is 6. The third-order valence-electron chi connectivity index (χ3n) is 6.38. The number of hydrogen-bond donors (Lipinski definition) is 2. The lowest BCUT2D eigenvalue weighted by Gasteiger charge is -2.31. The number of aromatic nitrogens is 2. The summed E-state index contributed by atoms with van der Waals surface area (Å²) in [6.45, 7) is 0. The number of nitrogens with two attached hydrogens (primary N) is 1. The Labute approximate surface area is 207 Å². The monoisotopic (exact) mass is 517 g/mol. The van der Waals surface area contributed by atoms with Crippen LogP contribution in [-0.4, -0.2) is 38.4 Å². The molecule has 1 aromatic carbocycles. The molecule has 1 aliphatic carbocycles. The maximum Gasteiger partial charge on any atom is 0.417 e. The summed E-state index contributed by atoms with van der Waals surface area (Å²) in [5, 5.41) is 3.04. The molecule has 0 radical (unpaired) electrons. The highest BCUT2D eigenvalue weighted by Crippen LogP contribution is 2.33. The SMILES string of the molecule is CN=S(=O)(c1ccc(-c2ccnc(C(N)=O)c2)cc1)C1CCC(Nc2ccc(C(F)(F)F)cn2)CC1. The third kappa shape index (κ3) is 5.51. The Balaban J connectivity index is 1.43. The number of anilines is 1. The molecule has 11 heteroatoms. The predicted molar refractivity (Wildman–Crippen MR) is 132 cm³/mol. The second-order valence-electron chi connectivity index (χ2n) is 8.62. The van der Waals surface area contributed by atoms with Crippen molar-refractivity contribution in [2.45, 2.75) is 48.0 Å². The number of amides is 1. The van der Waals surface area contributed by atoms with Crippen molar-refractivity contribution in [1.82, 2.24) is 9.97 Å². The molecular formula is C25H26F3N5O2S. The molecule has 3 aromatic rings. The molecule has 7 nitrogen and oxygen atoms in total. The first kappa shape index (κ1) is 25.6. The topological polar surface area (TPSA) is 110 Å². The first-order valence-corrected chi connectivity index (χ1v) is 13.0. The summed E-state index contributed by atoms with van der Waals surface area (Å²) in [5.41, 5.74) is 6.30. The van der Waals surface area contributed by atoms with Crippen LogP contribution in [0, 0.1) is 0 Å². The van der Waals surface area contributed by atoms with Crippen LogP contribution in [0.1, 0.15) is 41.7 Å². The van der Waals surface area contributed by atoms with Crippen molar-refractivity contribution in [3.05, 3.63) is 72.2 Å². The van der Waals surface area contributed by atoms with E-state index >= 15 is 0 Å². The van der Waals surface area contributed by atoms with E-state index < -0.39 is 27.4 Å². The van der Waals surface area contributed by atoms with Gasteiger partial charge in [0.2, 0.25) is 0 Å². The predicted octanol–water partition coefficient (Wildman–Crippen LogP) is 5.14. The fraction of sp³-hybridized carbons (Fsp3) is 0.320. The highest BCUT2D eigenvalue weighted by molar-refractivity contribution is 7.94. The molecule has 3 N–H and O–H groups in total. The van der Waals surface area contributed by atoms with E-state index in [-0.39, 0.29) is 17.0 Å². The summed E-state index contributed by atoms with van der Waals surface area (Å²) in [7, 11) is -1.11. The Kier molecular flexibility index (Phi) is 7.30. The molecule has 1 unspecified atom stereocenters. The van der Waals surface area contributed by atoms with Crippen molar-refractivity contribution < 1.29 is 22.2 Å². The van der Waals surface area contributed by atoms with Crippen LogP contribution in [0.4, 0.5) is 19.0 Å². The molecule has 0 aliphatic heterocycles. The number of halogens is 3. The van der Waals surface area contributed by atoms with Crippen LogP contribution in [0.2, 0.25) is 0 Å². The summed E-state index contributed by atoms with van der Waals surface area (Å²) < 4.78 is 56.5. The molecule has 0 spiro atoms. The van der Waals surface area contributed by atoms with Gasteiger partial charge in [0.25, 0.3) is 5.91 Å². The van der Waals surface area contributed by atoms with Crippen LogP contribution in [0.25, 0.3) is 11.1 Å². The lowest BCUT2D eigenvalue weighted by atomic mass is 9.95. The molecule has 1 aliphatic rings. The normalized spacial score (nSPS) is 19.8. The number of pyridine rings is 2. The maximum atomic E-state index is 13.9. The zero-order valence-corrected chi connectivity index (χ0v) is 20.4. The highest BCUT2D eigenvalue weighted by Gasteiger charge is 2.32. The van der Waals surface area contributed by atoms with Crippen LogP contribution in [0.15, 0.2) is 70.2 Å². The van der Waals surface area contributed by atoms with Crippen molar-refractivity contribution in [2.24, 2.45) is 10.1 Å². The van der Waals surface area contributed by atoms with Gasteiger partial charge in [0.05, 0.1) is 15.3 Å². The Morgan fingerprint density at radius 1 is 1.03 bits per heavy atom. The zero-order chi connectivity index (χ0) is 25.9. The minimum absolute atomic E-state index is 0.0273. The summed E-state index contributed by atoms with van der Waals surface area (Å²) in [5.74, 6) is -0.223. The van der Waals surface area contributed by atoms with Gasteiger partial charge in [-0.05, 0) is 73.2 Å². The standard InChI is InChI=1S/C25H26F3N5O2S/c1-30-36(35,20-7-2-16(3-8-20)17-12-13-31-22(14-17)24(29)34)21-9-5-19(6-10-21)33-23-11-4-18(15-32-23)25(26,27)28/h2-4,7-8,11-15,19,21H,5-6,9-10H2,1H3,(H2,29,34)(H,32,33). The van der Waals surface area contributed by atoms with Crippen molar-refractivity contribution in [1.29, 1.82) is 0 Å². The molecular weight excluding hydrogens is 491 g/mol. The molecule has 1 saturated carbocycles. The Hall–Kier alpha value is -3.47. The summed E-state index contributed by atoms with van der Waals surface area (Å²) in [6.07, 6.45) is 0.624. The third-order valence-corrected chi connectivity index (χ3v) is 9.24. The molecule has 1 atom stereocenters. The van der Waals surface area contributed by atoms with Gasteiger partial charge in [-0.25, -0.2) is 13.6 Å². The van der Waals surface area contributed by atoms with Crippen molar-refractivity contribution >= 4 is 21.5 Å². The maximum absolute atomic E-state index is 13.9. The van der Waals surface area contributed by atoms with Gasteiger partial charge >= 0.3 is 6.18 Å². The van der Waals surface area contributed by atoms with Crippen LogP contribution >= 0.6 is 0 Å². The van der Waals surface area contributed by atoms with Gasteiger partial charge in [0, 0.05) is 35.6 Å². The Morgan fingerprint density at radius 3 is 2.28 bits per heavy atom. The first-order chi connectivity index (χ1) is 17.1. The van der Waals surface area contributed by atoms with Crippen LogP contribution in [0.5, 0.6) is 0 Å². The Bertz CT molecular complexity index is 1340. The van der Waals surface area contributed by atoms with E-state index in [1.54, 1.807) is 31.3 Å². The number of benzene rings is 1. The van der Waals surface area contributed by atoms with E-state index in [9.17, 15) is 22.2 Å². The van der Waals surface area contributed by atoms with Gasteiger partial charge in [0.15, 0.2) is 0 Å². The summed E-state index contributed by atoms with van der Waals surface area (Å²) >= 11 is 0. The molecule has 1 fully saturated rings. The van der Waals surface area contributed by atoms with Crippen molar-refractivity contribution in [3.63, 3.8) is 0 Å². The number of nitrogens with one attached hydrogen (secondary N) is 1. The largest absolute Gasteiger partial charge is 0.417 e. The van der Waals surface area contributed by atoms with Crippen LogP contribution < -0.4 is 11.1 Å². The molecule has 0 bridgehead atoms. The van der Waals surface area contributed by atoms with Gasteiger partial charge in [-0.1, -0.05) is 12.1 Å². The fourth-order valence-electron chi connectivity index (χ4n) is 4.42. The van der Waals surface area contributed by atoms with Crippen molar-refractivity contribution in [2.75, 3.05) is 12.4 Å². The van der Waals surface area contributed by atoms with Crippen LogP contribution in [-0.2, 0) is 15.9 Å². The quantitative estimate of drug-likeness (QED) is 0.470. The van der Waals surface area contributed by atoms with Gasteiger partial charge < -0.3 is 11.1 Å². The number of primary amides is 1. The first-order valence-electron chi connectivity index (χ1n) is 11.4. The van der Waals surface area contributed by atoms with E-state index in [0.29, 0.717) is 36.4 Å². The van der Waals surface area contributed by atoms with E-state index in [1.807, 2.05) is 12.1 Å². The number of rotatable bonds is 6. The lowest BCUT2D eigenvalue weighted by molar-refractivity contribution is -0.137. The van der Waals surface area contributed by atoms with Gasteiger partial charge in [-0.2, -0.15) is 13.2 Å². The highest BCUT2D eigenvalue weighted by atomic mass is 32.2. The van der Waals surface area contributed by atoms with E-state index in [4.69, 9.17) is 5.73 Å². The summed E-state index contributed by atoms with van der Waals surface area (Å²) in [6, 6.07) is 13.0. The molecule has 2 aromatic heterocycles. The minimum Gasteiger partial charge on any atom is -0.367 e. The number of carbonyl (C=O) groups excluding carboxylic acids is 1. The number of nitrogens with zero attached hydrogens (tertiary/aromatic N) is 3. The Morgan fingerprint density at radius 2 is 1.72 bits per heavy atom. The molecule has 36 heavy (non-hydrogen) atoms. The lowest BCUT2D eigenvalue weighted by Crippen LogP contribution is -2.33. The smallest absolute Gasteiger partial charge is 0.367 e. The van der Waals surface area contributed by atoms with E-state index in [1.165, 1.54) is 12.3 Å². The average molecular weight is 518 g/mol. The molecule has 2 heterocycles. The van der Waals surface area contributed by atoms with Crippen molar-refractivity contribution in [3.8, 4) is 11.1 Å². The number of carbonyl (C=O) groups is 1. The molecule has 1 amide bonds. The molecule has 190 valence electrons. The fourth-order valence-corrected chi connectivity index (χ4v) is 6.75. The molecule has 0 saturated heterocycles. The average Bonchev–Trinajstić information content (AvgIpc) is 2.88. The van der Waals surface area contributed by atoms with E-state index in [0.717, 1.165) is 23.4 Å². The summed E-state index contributed by atoms with van der Waals surface area (Å²) in [4.78, 5) is 19.9. The van der Waals surface area contributed by atoms with E-state index in [2.05, 4.69) is 19.6 Å². The second kappa shape index (κ2) is 10.3. The van der Waals surface area contributed by atoms with Crippen LogP contribution in [0.3, 0.4) is 0 Å². The van der Waals surface area contributed by atoms with Gasteiger partial charge in [0.1, 0.15) is 11.5 Å². The van der Waals surface area contributed by atoms with Gasteiger partial charge in [-0.3, -0.25) is 9.78 Å². The second-order valence-corrected chi connectivity index (χ2v) is 11.3. The minimum atomic E-state index is -4.42.